The van der Waals surface area contributed by atoms with Crippen molar-refractivity contribution in [1.82, 2.24) is 4.98 Å². The lowest BCUT2D eigenvalue weighted by molar-refractivity contribution is 1.50. The van der Waals surface area contributed by atoms with Crippen molar-refractivity contribution in [3.63, 3.8) is 0 Å². The summed E-state index contributed by atoms with van der Waals surface area (Å²) in [4.78, 5) is 8.66. The number of fused-ring (bicyclic) bond motifs is 1. The summed E-state index contributed by atoms with van der Waals surface area (Å²) in [5, 5.41) is 3.24. The molecule has 4 rings (SSSR count). The van der Waals surface area contributed by atoms with E-state index in [1.807, 2.05) is 11.3 Å². The highest BCUT2D eigenvalue weighted by Crippen LogP contribution is 2.39. The minimum Gasteiger partial charge on any atom is -0.235 e. The molecule has 1 nitrogen and oxygen atoms in total. The van der Waals surface area contributed by atoms with Crippen LogP contribution in [0.15, 0.2) is 47.8 Å². The van der Waals surface area contributed by atoms with Crippen LogP contribution in [0.3, 0.4) is 0 Å². The first kappa shape index (κ1) is 12.9. The summed E-state index contributed by atoms with van der Waals surface area (Å²) >= 11 is 7.72. The van der Waals surface area contributed by atoms with Gasteiger partial charge in [0.15, 0.2) is 0 Å². The molecule has 0 unspecified atom stereocenters. The van der Waals surface area contributed by atoms with Crippen LogP contribution in [0, 0.1) is 3.57 Å². The van der Waals surface area contributed by atoms with Crippen molar-refractivity contribution in [2.75, 3.05) is 0 Å². The molecule has 5 heteroatoms. The van der Waals surface area contributed by atoms with Gasteiger partial charge in [0.1, 0.15) is 5.01 Å². The predicted octanol–water partition coefficient (Wildman–Crippen LogP) is 6.36. The Bertz CT molecular complexity index is 874. The van der Waals surface area contributed by atoms with Crippen molar-refractivity contribution in [2.45, 2.75) is 0 Å². The molecule has 4 aromatic rings. The van der Waals surface area contributed by atoms with Crippen LogP contribution < -0.4 is 0 Å². The topological polar surface area (TPSA) is 12.9 Å². The molecular weight excluding hydrogens is 415 g/mol. The average Bonchev–Trinajstić information content (AvgIpc) is 3.17. The van der Waals surface area contributed by atoms with Gasteiger partial charge >= 0.3 is 0 Å². The number of nitrogens with zero attached hydrogens (tertiary/aromatic N) is 1. The lowest BCUT2D eigenvalue weighted by atomic mass is 10.3. The van der Waals surface area contributed by atoms with Gasteiger partial charge in [-0.25, -0.2) is 4.98 Å². The highest BCUT2D eigenvalue weighted by molar-refractivity contribution is 14.1. The van der Waals surface area contributed by atoms with Crippen LogP contribution in [0.1, 0.15) is 0 Å². The van der Waals surface area contributed by atoms with E-state index in [0.717, 1.165) is 10.5 Å². The van der Waals surface area contributed by atoms with Gasteiger partial charge in [-0.1, -0.05) is 6.07 Å². The SMILES string of the molecule is [125I]c1ccc2nc(-c3ccc(-c4cccs4)s3)sc2c1. The van der Waals surface area contributed by atoms with E-state index in [2.05, 4.69) is 70.4 Å². The summed E-state index contributed by atoms with van der Waals surface area (Å²) in [6.07, 6.45) is 0. The summed E-state index contributed by atoms with van der Waals surface area (Å²) in [6, 6.07) is 15.1. The lowest BCUT2D eigenvalue weighted by Crippen LogP contribution is -1.70. The maximum Gasteiger partial charge on any atom is 0.134 e. The van der Waals surface area contributed by atoms with E-state index in [-0.39, 0.29) is 0 Å². The molecule has 0 aliphatic rings. The van der Waals surface area contributed by atoms with Gasteiger partial charge in [-0.15, -0.1) is 34.0 Å². The van der Waals surface area contributed by atoms with Gasteiger partial charge in [-0.3, -0.25) is 0 Å². The van der Waals surface area contributed by atoms with E-state index in [1.165, 1.54) is 22.9 Å². The van der Waals surface area contributed by atoms with E-state index in [0.29, 0.717) is 0 Å². The van der Waals surface area contributed by atoms with Gasteiger partial charge in [0.25, 0.3) is 0 Å². The third-order valence-corrected chi connectivity index (χ3v) is 6.94. The highest BCUT2D eigenvalue weighted by atomic mass is 125. The number of halogens is 1. The number of rotatable bonds is 2. The van der Waals surface area contributed by atoms with E-state index in [1.54, 1.807) is 22.7 Å². The summed E-state index contributed by atoms with van der Waals surface area (Å²) in [6.45, 7) is 0. The molecule has 0 bridgehead atoms. The second-order valence-corrected chi connectivity index (χ2v) is 8.58. The monoisotopic (exact) mass is 423 g/mol. The largest absolute Gasteiger partial charge is 0.235 e. The molecule has 0 spiro atoms. The zero-order valence-corrected chi connectivity index (χ0v) is 14.8. The highest BCUT2D eigenvalue weighted by Gasteiger charge is 2.10. The summed E-state index contributed by atoms with van der Waals surface area (Å²) in [5.41, 5.74) is 1.09. The zero-order valence-electron chi connectivity index (χ0n) is 10.2. The third-order valence-electron chi connectivity index (χ3n) is 2.93. The minimum atomic E-state index is 1.09. The summed E-state index contributed by atoms with van der Waals surface area (Å²) in [5.74, 6) is 0. The van der Waals surface area contributed by atoms with E-state index < -0.39 is 0 Å². The van der Waals surface area contributed by atoms with Gasteiger partial charge in [0, 0.05) is 13.3 Å². The second-order valence-electron chi connectivity index (χ2n) is 4.27. The quantitative estimate of drug-likeness (QED) is 0.342. The van der Waals surface area contributed by atoms with Gasteiger partial charge in [-0.05, 0) is 64.4 Å². The Kier molecular flexibility index (Phi) is 3.37. The van der Waals surface area contributed by atoms with Crippen LogP contribution in [0.2, 0.25) is 0 Å². The third kappa shape index (κ3) is 2.32. The first-order valence-electron chi connectivity index (χ1n) is 6.00. The molecule has 0 aliphatic heterocycles. The molecule has 0 saturated carbocycles. The predicted molar refractivity (Wildman–Crippen MR) is 99.0 cm³/mol. The maximum absolute atomic E-state index is 4.75. The smallest absolute Gasteiger partial charge is 0.134 e. The molecule has 98 valence electrons. The Balaban J connectivity index is 1.79. The van der Waals surface area contributed by atoms with Crippen LogP contribution in [-0.4, -0.2) is 4.98 Å². The van der Waals surface area contributed by atoms with Crippen molar-refractivity contribution in [3.05, 3.63) is 51.4 Å². The fourth-order valence-electron chi connectivity index (χ4n) is 2.01. The maximum atomic E-state index is 4.75. The van der Waals surface area contributed by atoms with Crippen LogP contribution in [0.5, 0.6) is 0 Å². The summed E-state index contributed by atoms with van der Waals surface area (Å²) < 4.78 is 2.52. The molecule has 3 aromatic heterocycles. The number of hydrogen-bond donors (Lipinski definition) is 0. The van der Waals surface area contributed by atoms with E-state index in [9.17, 15) is 0 Å². The molecule has 0 aliphatic carbocycles. The van der Waals surface area contributed by atoms with Gasteiger partial charge in [0.2, 0.25) is 0 Å². The van der Waals surface area contributed by atoms with Gasteiger partial charge in [0.05, 0.1) is 15.1 Å². The second kappa shape index (κ2) is 5.22. The Morgan fingerprint density at radius 1 is 0.900 bits per heavy atom. The van der Waals surface area contributed by atoms with Gasteiger partial charge < -0.3 is 0 Å². The van der Waals surface area contributed by atoms with Crippen molar-refractivity contribution in [2.24, 2.45) is 0 Å². The molecule has 0 amide bonds. The van der Waals surface area contributed by atoms with Crippen molar-refractivity contribution >= 4 is 66.8 Å². The van der Waals surface area contributed by atoms with E-state index in [4.69, 9.17) is 4.98 Å². The first-order valence-corrected chi connectivity index (χ1v) is 9.59. The molecule has 0 radical (unpaired) electrons. The molecule has 1 aromatic carbocycles. The standard InChI is InChI=1S/C15H8INS3/c16-9-3-4-10-14(8-9)20-15(17-10)13-6-5-12(19-13)11-2-1-7-18-11/h1-8H/i16-2. The van der Waals surface area contributed by atoms with Crippen LogP contribution in [0.25, 0.3) is 29.9 Å². The number of thiophene rings is 2. The average molecular weight is 423 g/mol. The van der Waals surface area contributed by atoms with E-state index >= 15 is 0 Å². The lowest BCUT2D eigenvalue weighted by Gasteiger charge is -1.89. The normalized spacial score (nSPS) is 11.2. The number of aromatic nitrogens is 1. The molecule has 0 fully saturated rings. The number of thiazole rings is 1. The Hall–Kier alpha value is -0.760. The van der Waals surface area contributed by atoms with Crippen molar-refractivity contribution in [3.8, 4) is 19.6 Å². The Morgan fingerprint density at radius 2 is 1.80 bits per heavy atom. The molecule has 0 atom stereocenters. The minimum absolute atomic E-state index is 1.09. The van der Waals surface area contributed by atoms with Crippen LogP contribution in [0.4, 0.5) is 0 Å². The molecule has 20 heavy (non-hydrogen) atoms. The molecular formula is C15H8INS3. The van der Waals surface area contributed by atoms with Crippen molar-refractivity contribution in [1.29, 1.82) is 0 Å². The molecule has 3 heterocycles. The number of benzene rings is 1. The Labute approximate surface area is 142 Å². The molecule has 0 saturated heterocycles. The zero-order chi connectivity index (χ0) is 13.5. The summed E-state index contributed by atoms with van der Waals surface area (Å²) in [7, 11) is 0. The van der Waals surface area contributed by atoms with Crippen LogP contribution in [-0.2, 0) is 0 Å². The van der Waals surface area contributed by atoms with Crippen LogP contribution >= 0.6 is 56.6 Å². The fraction of sp³-hybridized carbons (Fsp3) is 0. The first-order chi connectivity index (χ1) is 9.79. The molecule has 0 N–H and O–H groups in total. The Morgan fingerprint density at radius 3 is 2.65 bits per heavy atom. The fourth-order valence-corrected chi connectivity index (χ4v) is 5.61. The van der Waals surface area contributed by atoms with Gasteiger partial charge in [-0.2, -0.15) is 0 Å². The van der Waals surface area contributed by atoms with Crippen molar-refractivity contribution < 1.29 is 0 Å². The number of hydrogen-bond acceptors (Lipinski definition) is 4.